The van der Waals surface area contributed by atoms with Gasteiger partial charge in [-0.05, 0) is 13.8 Å². The van der Waals surface area contributed by atoms with Crippen LogP contribution in [0.4, 0.5) is 0 Å². The molecule has 0 aromatic carbocycles. The number of nitrogens with one attached hydrogen (secondary N) is 1. The fourth-order valence-corrected chi connectivity index (χ4v) is 2.14. The van der Waals surface area contributed by atoms with E-state index in [1.807, 2.05) is 0 Å². The number of hydrogen-bond donors (Lipinski definition) is 3. The highest BCUT2D eigenvalue weighted by atomic mass is 32.4. The second kappa shape index (κ2) is 5.27. The predicted octanol–water partition coefficient (Wildman–Crippen LogP) is 0.251. The van der Waals surface area contributed by atoms with Crippen LogP contribution in [0.3, 0.4) is 0 Å². The molecule has 0 aromatic heterocycles. The van der Waals surface area contributed by atoms with Gasteiger partial charge < -0.3 is 14.7 Å². The molecule has 74 valence electrons. The Bertz CT molecular complexity index is 172. The van der Waals surface area contributed by atoms with Crippen molar-refractivity contribution in [3.63, 3.8) is 0 Å². The fourth-order valence-electron chi connectivity index (χ4n) is 0.757. The third-order valence-corrected chi connectivity index (χ3v) is 2.41. The molecule has 12 heavy (non-hydrogen) atoms. The van der Waals surface area contributed by atoms with Gasteiger partial charge in [0.2, 0.25) is 0 Å². The third kappa shape index (κ3) is 6.06. The first-order chi connectivity index (χ1) is 5.37. The largest absolute Gasteiger partial charge is 0.367 e. The highest BCUT2D eigenvalue weighted by molar-refractivity contribution is 8.10. The van der Waals surface area contributed by atoms with Gasteiger partial charge in [-0.15, -0.1) is 0 Å². The molecule has 0 aliphatic rings. The summed E-state index contributed by atoms with van der Waals surface area (Å²) >= 11 is 4.75. The normalized spacial score (nSPS) is 21.4. The molecule has 0 rings (SSSR count). The van der Waals surface area contributed by atoms with Gasteiger partial charge in [-0.3, -0.25) is 5.09 Å². The molecule has 2 unspecified atom stereocenters. The zero-order valence-electron chi connectivity index (χ0n) is 7.52. The van der Waals surface area contributed by atoms with Crippen LogP contribution < -0.4 is 5.09 Å². The van der Waals surface area contributed by atoms with Gasteiger partial charge in [-0.1, -0.05) is 11.8 Å². The Balaban J connectivity index is 3.86. The minimum Gasteiger partial charge on any atom is -0.367 e. The number of hydrogen-bond acceptors (Lipinski definition) is 3. The van der Waals surface area contributed by atoms with Gasteiger partial charge in [0.25, 0.3) is 0 Å². The summed E-state index contributed by atoms with van der Waals surface area (Å²) in [7, 11) is 0. The fraction of sp³-hybridized carbons (Fsp3) is 1.00. The van der Waals surface area contributed by atoms with Gasteiger partial charge in [0.1, 0.15) is 6.42 Å². The van der Waals surface area contributed by atoms with Gasteiger partial charge in [0.15, 0.2) is 6.29 Å². The molecule has 0 saturated carbocycles. The van der Waals surface area contributed by atoms with Crippen LogP contribution in [0.25, 0.3) is 0 Å². The predicted molar refractivity (Wildman–Crippen MR) is 52.7 cm³/mol. The van der Waals surface area contributed by atoms with E-state index in [2.05, 4.69) is 5.09 Å². The van der Waals surface area contributed by atoms with Crippen LogP contribution in [-0.4, -0.2) is 35.6 Å². The van der Waals surface area contributed by atoms with Crippen LogP contribution in [0, 0.1) is 0 Å². The Hall–Kier alpha value is 0.490. The van der Waals surface area contributed by atoms with E-state index in [0.717, 1.165) is 0 Å². The zero-order valence-corrected chi connectivity index (χ0v) is 9.23. The molecule has 0 bridgehead atoms. The van der Waals surface area contributed by atoms with Gasteiger partial charge in [0.05, 0.1) is 6.04 Å². The molecule has 0 aliphatic carbocycles. The summed E-state index contributed by atoms with van der Waals surface area (Å²) in [6.07, 6.45) is -3.37. The van der Waals surface area contributed by atoms with Crippen molar-refractivity contribution in [2.75, 3.05) is 13.3 Å². The van der Waals surface area contributed by atoms with E-state index in [4.69, 9.17) is 16.5 Å². The molecule has 0 aromatic rings. The highest BCUT2D eigenvalue weighted by Crippen LogP contribution is 2.30. The minimum absolute atomic E-state index is 0.342. The van der Waals surface area contributed by atoms with Crippen molar-refractivity contribution < 1.29 is 14.7 Å². The Kier molecular flexibility index (Phi) is 5.48. The lowest BCUT2D eigenvalue weighted by Gasteiger charge is -2.22. The second-order valence-corrected chi connectivity index (χ2v) is 6.79. The van der Waals surface area contributed by atoms with E-state index in [1.54, 1.807) is 13.8 Å². The van der Waals surface area contributed by atoms with Crippen molar-refractivity contribution >= 4 is 18.2 Å². The lowest BCUT2D eigenvalue weighted by Crippen LogP contribution is -2.36. The van der Waals surface area contributed by atoms with E-state index >= 15 is 0 Å². The summed E-state index contributed by atoms with van der Waals surface area (Å²) in [5.74, 6) is 0. The summed E-state index contributed by atoms with van der Waals surface area (Å²) in [6.45, 7) is 5.47. The molecule has 3 N–H and O–H groups in total. The monoisotopic (exact) mass is 213 g/mol. The average Bonchev–Trinajstić information content (AvgIpc) is 1.84. The molecule has 3 atom stereocenters. The quantitative estimate of drug-likeness (QED) is 0.451. The summed E-state index contributed by atoms with van der Waals surface area (Å²) < 4.78 is 4.90. The Morgan fingerprint density at radius 3 is 2.50 bits per heavy atom. The Morgan fingerprint density at radius 1 is 1.67 bits per heavy atom. The molecular formula is C6H16NO3PS. The summed E-state index contributed by atoms with van der Waals surface area (Å²) in [5, 5.41) is 12.0. The van der Waals surface area contributed by atoms with Gasteiger partial charge in [0, 0.05) is 13.3 Å². The van der Waals surface area contributed by atoms with E-state index < -0.39 is 12.7 Å². The molecule has 4 nitrogen and oxygen atoms in total. The molecule has 6 heteroatoms. The van der Waals surface area contributed by atoms with Crippen LogP contribution in [0.5, 0.6) is 0 Å². The summed E-state index contributed by atoms with van der Waals surface area (Å²) in [5.41, 5.74) is 0. The third-order valence-electron chi connectivity index (χ3n) is 1.21. The minimum atomic E-state index is -2.46. The van der Waals surface area contributed by atoms with Crippen molar-refractivity contribution in [1.82, 2.24) is 5.09 Å². The number of aliphatic hydroxyl groups is 1. The standard InChI is InChI=1S/C6H16NO3PS/c1-4-10-6(8)5(2)7-11(3,9)12/h5-6,8H,4H2,1-3H3,(H2,7,9,12)/t5-,6?,11?/m0/s1. The van der Waals surface area contributed by atoms with Crippen molar-refractivity contribution in [1.29, 1.82) is 0 Å². The lowest BCUT2D eigenvalue weighted by molar-refractivity contribution is -0.108. The van der Waals surface area contributed by atoms with Crippen LogP contribution in [-0.2, 0) is 16.5 Å². The summed E-state index contributed by atoms with van der Waals surface area (Å²) in [6, 6.07) is -0.342. The Morgan fingerprint density at radius 2 is 2.17 bits per heavy atom. The first-order valence-electron chi connectivity index (χ1n) is 3.74. The molecule has 0 saturated heterocycles. The maximum absolute atomic E-state index is 9.26. The van der Waals surface area contributed by atoms with Crippen molar-refractivity contribution in [3.8, 4) is 0 Å². The van der Waals surface area contributed by atoms with E-state index in [-0.39, 0.29) is 6.04 Å². The molecule has 0 heterocycles. The Labute approximate surface area is 78.1 Å². The van der Waals surface area contributed by atoms with Crippen LogP contribution in [0.2, 0.25) is 0 Å². The number of rotatable bonds is 5. The average molecular weight is 213 g/mol. The summed E-state index contributed by atoms with van der Waals surface area (Å²) in [4.78, 5) is 9.25. The highest BCUT2D eigenvalue weighted by Gasteiger charge is 2.17. The van der Waals surface area contributed by atoms with Gasteiger partial charge >= 0.3 is 0 Å². The van der Waals surface area contributed by atoms with Crippen LogP contribution in [0.1, 0.15) is 13.8 Å². The van der Waals surface area contributed by atoms with Crippen LogP contribution >= 0.6 is 6.42 Å². The van der Waals surface area contributed by atoms with Gasteiger partial charge in [-0.2, -0.15) is 0 Å². The SMILES string of the molecule is CCOC(O)[C@H](C)NP(C)(O)=S. The van der Waals surface area contributed by atoms with Crippen molar-refractivity contribution in [2.24, 2.45) is 0 Å². The molecule has 0 spiro atoms. The maximum Gasteiger partial charge on any atom is 0.169 e. The smallest absolute Gasteiger partial charge is 0.169 e. The molecule has 0 amide bonds. The molecular weight excluding hydrogens is 197 g/mol. The second-order valence-electron chi connectivity index (χ2n) is 2.64. The molecule has 0 fully saturated rings. The topological polar surface area (TPSA) is 61.7 Å². The van der Waals surface area contributed by atoms with E-state index in [9.17, 15) is 10.00 Å². The van der Waals surface area contributed by atoms with Gasteiger partial charge in [-0.25, -0.2) is 0 Å². The lowest BCUT2D eigenvalue weighted by atomic mass is 10.3. The molecule has 0 radical (unpaired) electrons. The van der Waals surface area contributed by atoms with Crippen LogP contribution in [0.15, 0.2) is 0 Å². The number of aliphatic hydroxyl groups excluding tert-OH is 1. The molecule has 0 aliphatic heterocycles. The first-order valence-corrected chi connectivity index (χ1v) is 6.94. The van der Waals surface area contributed by atoms with E-state index in [0.29, 0.717) is 6.61 Å². The first kappa shape index (κ1) is 12.5. The van der Waals surface area contributed by atoms with E-state index in [1.165, 1.54) is 6.66 Å². The van der Waals surface area contributed by atoms with Crippen molar-refractivity contribution in [2.45, 2.75) is 26.2 Å². The maximum atomic E-state index is 9.26. The number of ether oxygens (including phenoxy) is 1. The van der Waals surface area contributed by atoms with Crippen molar-refractivity contribution in [3.05, 3.63) is 0 Å². The zero-order chi connectivity index (χ0) is 9.78.